The Balaban J connectivity index is 2.11. The lowest BCUT2D eigenvalue weighted by Crippen LogP contribution is -2.11. The van der Waals surface area contributed by atoms with Crippen LogP contribution in [0.5, 0.6) is 0 Å². The molecule has 3 nitrogen and oxygen atoms in total. The number of hydrogen-bond acceptors (Lipinski definition) is 2. The molecule has 4 aromatic rings. The van der Waals surface area contributed by atoms with E-state index in [0.717, 1.165) is 33.9 Å². The predicted octanol–water partition coefficient (Wildman–Crippen LogP) is 4.11. The summed E-state index contributed by atoms with van der Waals surface area (Å²) in [6.45, 7) is 2.83. The summed E-state index contributed by atoms with van der Waals surface area (Å²) in [7, 11) is 0. The second-order valence-electron chi connectivity index (χ2n) is 5.67. The Bertz CT molecular complexity index is 1030. The molecule has 4 rings (SSSR count). The van der Waals surface area contributed by atoms with Crippen molar-refractivity contribution in [2.45, 2.75) is 13.5 Å². The number of amides is 1. The summed E-state index contributed by atoms with van der Waals surface area (Å²) in [5, 5.41) is 3.93. The summed E-state index contributed by atoms with van der Waals surface area (Å²) in [6.07, 6.45) is 0. The molecule has 23 heavy (non-hydrogen) atoms. The van der Waals surface area contributed by atoms with Crippen LogP contribution in [0.25, 0.3) is 21.8 Å². The summed E-state index contributed by atoms with van der Waals surface area (Å²) < 4.78 is 2.24. The van der Waals surface area contributed by atoms with Crippen LogP contribution in [-0.4, -0.2) is 10.5 Å². The molecule has 0 atom stereocenters. The molecule has 113 valence electrons. The first-order valence-corrected chi connectivity index (χ1v) is 8.28. The van der Waals surface area contributed by atoms with Gasteiger partial charge in [0.05, 0.1) is 17.6 Å². The number of carbonyl (C=O) groups excluding carboxylic acids is 1. The number of nitrogens with zero attached hydrogens (tertiary/aromatic N) is 1. The Hall–Kier alpha value is -2.59. The average molecular weight is 319 g/mol. The number of aromatic nitrogens is 1. The van der Waals surface area contributed by atoms with E-state index in [0.29, 0.717) is 5.56 Å². The lowest BCUT2D eigenvalue weighted by atomic mass is 10.1. The Morgan fingerprint density at radius 1 is 1.26 bits per heavy atom. The predicted molar refractivity (Wildman–Crippen MR) is 95.0 cm³/mol. The second kappa shape index (κ2) is 5.25. The average Bonchev–Trinajstić information content (AvgIpc) is 3.14. The van der Waals surface area contributed by atoms with E-state index in [1.165, 1.54) is 4.88 Å². The van der Waals surface area contributed by atoms with Crippen molar-refractivity contribution in [1.82, 2.24) is 4.57 Å². The van der Waals surface area contributed by atoms with Crippen molar-refractivity contribution in [3.8, 4) is 0 Å². The van der Waals surface area contributed by atoms with Crippen LogP contribution in [0, 0.1) is 13.0 Å². The zero-order valence-corrected chi connectivity index (χ0v) is 13.5. The van der Waals surface area contributed by atoms with Crippen LogP contribution in [-0.2, 0) is 6.54 Å². The number of thiophene rings is 1. The molecule has 2 heterocycles. The fourth-order valence-electron chi connectivity index (χ4n) is 3.09. The van der Waals surface area contributed by atoms with Crippen LogP contribution in [0.2, 0.25) is 0 Å². The van der Waals surface area contributed by atoms with E-state index in [9.17, 15) is 4.79 Å². The monoisotopic (exact) mass is 319 g/mol. The molecule has 0 aliphatic heterocycles. The Kier molecular flexibility index (Phi) is 3.20. The summed E-state index contributed by atoms with van der Waals surface area (Å²) in [5.41, 5.74) is 9.39. The van der Waals surface area contributed by atoms with Crippen molar-refractivity contribution in [2.75, 3.05) is 0 Å². The molecule has 0 bridgehead atoms. The summed E-state index contributed by atoms with van der Waals surface area (Å²) in [5.74, 6) is -0.403. The molecule has 0 saturated carbocycles. The zero-order valence-electron chi connectivity index (χ0n) is 12.7. The molecule has 0 spiro atoms. The minimum Gasteiger partial charge on any atom is -0.366 e. The van der Waals surface area contributed by atoms with Crippen LogP contribution >= 0.6 is 11.3 Å². The highest BCUT2D eigenvalue weighted by Gasteiger charge is 2.16. The first-order valence-electron chi connectivity index (χ1n) is 7.40. The molecule has 0 aliphatic rings. The van der Waals surface area contributed by atoms with Crippen LogP contribution in [0.3, 0.4) is 0 Å². The molecule has 0 unspecified atom stereocenters. The fraction of sp³-hybridized carbons (Fsp3) is 0.105. The third-order valence-electron chi connectivity index (χ3n) is 4.10. The van der Waals surface area contributed by atoms with E-state index in [-0.39, 0.29) is 0 Å². The first kappa shape index (κ1) is 14.0. The van der Waals surface area contributed by atoms with E-state index < -0.39 is 5.91 Å². The van der Waals surface area contributed by atoms with Gasteiger partial charge in [-0.3, -0.25) is 4.79 Å². The first-order chi connectivity index (χ1) is 11.1. The van der Waals surface area contributed by atoms with E-state index in [4.69, 9.17) is 5.73 Å². The second-order valence-corrected chi connectivity index (χ2v) is 6.70. The van der Waals surface area contributed by atoms with E-state index in [1.807, 2.05) is 18.2 Å². The van der Waals surface area contributed by atoms with Gasteiger partial charge in [-0.2, -0.15) is 0 Å². The molecule has 2 N–H and O–H groups in total. The maximum atomic E-state index is 11.9. The molecular formula is C19H15N2OS. The van der Waals surface area contributed by atoms with Gasteiger partial charge in [0.2, 0.25) is 5.91 Å². The number of aryl methyl sites for hydroxylation is 1. The number of hydrogen-bond donors (Lipinski definition) is 1. The van der Waals surface area contributed by atoms with Crippen molar-refractivity contribution < 1.29 is 4.79 Å². The third kappa shape index (κ3) is 2.23. The molecule has 2 aromatic carbocycles. The van der Waals surface area contributed by atoms with Crippen LogP contribution in [0.1, 0.15) is 20.8 Å². The Morgan fingerprint density at radius 2 is 2.13 bits per heavy atom. The van der Waals surface area contributed by atoms with E-state index in [1.54, 1.807) is 17.4 Å². The van der Waals surface area contributed by atoms with Crippen LogP contribution < -0.4 is 5.73 Å². The van der Waals surface area contributed by atoms with Crippen molar-refractivity contribution in [3.63, 3.8) is 0 Å². The minimum absolute atomic E-state index is 0.403. The molecule has 1 radical (unpaired) electrons. The highest BCUT2D eigenvalue weighted by atomic mass is 32.1. The highest BCUT2D eigenvalue weighted by molar-refractivity contribution is 7.09. The zero-order chi connectivity index (χ0) is 16.0. The van der Waals surface area contributed by atoms with E-state index in [2.05, 4.69) is 41.1 Å². The van der Waals surface area contributed by atoms with Gasteiger partial charge in [-0.05, 0) is 48.2 Å². The summed E-state index contributed by atoms with van der Waals surface area (Å²) in [4.78, 5) is 13.1. The van der Waals surface area contributed by atoms with Gasteiger partial charge in [-0.25, -0.2) is 0 Å². The van der Waals surface area contributed by atoms with Gasteiger partial charge >= 0.3 is 0 Å². The van der Waals surface area contributed by atoms with Gasteiger partial charge in [0.1, 0.15) is 0 Å². The maximum Gasteiger partial charge on any atom is 0.249 e. The van der Waals surface area contributed by atoms with Gasteiger partial charge in [-0.1, -0.05) is 18.2 Å². The van der Waals surface area contributed by atoms with Gasteiger partial charge in [-0.15, -0.1) is 11.3 Å². The van der Waals surface area contributed by atoms with Crippen molar-refractivity contribution in [3.05, 3.63) is 69.9 Å². The molecule has 2 aromatic heterocycles. The molecular weight excluding hydrogens is 304 g/mol. The lowest BCUT2D eigenvalue weighted by molar-refractivity contribution is 0.100. The van der Waals surface area contributed by atoms with Crippen molar-refractivity contribution in [2.24, 2.45) is 5.73 Å². The highest BCUT2D eigenvalue weighted by Crippen LogP contribution is 2.33. The molecule has 0 saturated heterocycles. The molecule has 0 fully saturated rings. The number of rotatable bonds is 3. The topological polar surface area (TPSA) is 48.0 Å². The number of benzene rings is 2. The van der Waals surface area contributed by atoms with Crippen LogP contribution in [0.15, 0.2) is 47.8 Å². The Morgan fingerprint density at radius 3 is 2.87 bits per heavy atom. The lowest BCUT2D eigenvalue weighted by Gasteiger charge is -2.06. The van der Waals surface area contributed by atoms with Gasteiger partial charge < -0.3 is 10.3 Å². The van der Waals surface area contributed by atoms with E-state index >= 15 is 0 Å². The number of carbonyl (C=O) groups is 1. The van der Waals surface area contributed by atoms with Crippen molar-refractivity contribution in [1.29, 1.82) is 0 Å². The summed E-state index contributed by atoms with van der Waals surface area (Å²) >= 11 is 1.73. The molecule has 0 aliphatic carbocycles. The largest absolute Gasteiger partial charge is 0.366 e. The Labute approximate surface area is 138 Å². The van der Waals surface area contributed by atoms with Gasteiger partial charge in [0, 0.05) is 21.2 Å². The molecule has 4 heteroatoms. The number of primary amides is 1. The normalized spacial score (nSPS) is 11.3. The summed E-state index contributed by atoms with van der Waals surface area (Å²) in [6, 6.07) is 17.3. The number of fused-ring (bicyclic) bond motifs is 3. The van der Waals surface area contributed by atoms with Gasteiger partial charge in [0.25, 0.3) is 0 Å². The van der Waals surface area contributed by atoms with Crippen molar-refractivity contribution >= 4 is 39.0 Å². The smallest absolute Gasteiger partial charge is 0.249 e. The molecule has 1 amide bonds. The fourth-order valence-corrected chi connectivity index (χ4v) is 3.79. The number of nitrogens with two attached hydrogens (primary N) is 1. The third-order valence-corrected chi connectivity index (χ3v) is 4.96. The maximum absolute atomic E-state index is 11.9. The van der Waals surface area contributed by atoms with Crippen LogP contribution in [0.4, 0.5) is 0 Å². The minimum atomic E-state index is -0.403. The SMILES string of the molecule is Cc1c[c]c2c3c(C(N)=O)cccc3n(Cc3cccs3)c2c1. The standard InChI is InChI=1S/C19H15N2OS/c1-12-7-8-14-17(10-12)21(11-13-4-3-9-23-13)16-6-2-5-15(18(14)16)19(20)22/h2-7,9-10H,11H2,1H3,(H2,20,22). The quantitative estimate of drug-likeness (QED) is 0.607. The van der Waals surface area contributed by atoms with Gasteiger partial charge in [0.15, 0.2) is 0 Å².